The van der Waals surface area contributed by atoms with E-state index in [2.05, 4.69) is 15.3 Å². The van der Waals surface area contributed by atoms with E-state index < -0.39 is 10.0 Å². The third-order valence-electron chi connectivity index (χ3n) is 3.16. The molecule has 1 fully saturated rings. The zero-order valence-electron chi connectivity index (χ0n) is 12.5. The monoisotopic (exact) mass is 349 g/mol. The molecule has 0 saturated carbocycles. The summed E-state index contributed by atoms with van der Waals surface area (Å²) in [7, 11) is -3.36. The Morgan fingerprint density at radius 1 is 1.41 bits per heavy atom. The first kappa shape index (κ1) is 17.2. The van der Waals surface area contributed by atoms with Crippen LogP contribution in [0.2, 0.25) is 5.15 Å². The van der Waals surface area contributed by atoms with E-state index in [0.29, 0.717) is 18.9 Å². The zero-order chi connectivity index (χ0) is 16.3. The fraction of sp³-hybridized carbons (Fsp3) is 0.667. The van der Waals surface area contributed by atoms with Crippen LogP contribution in [-0.2, 0) is 14.8 Å². The molecule has 0 aromatic carbocycles. The number of morpholine rings is 1. The van der Waals surface area contributed by atoms with Gasteiger partial charge in [-0.2, -0.15) is 9.29 Å². The number of aromatic nitrogens is 2. The minimum Gasteiger partial charge on any atom is -0.373 e. The molecular formula is C12H20ClN5O3S. The van der Waals surface area contributed by atoms with Gasteiger partial charge in [0.15, 0.2) is 0 Å². The maximum Gasteiger partial charge on any atom is 0.223 e. The van der Waals surface area contributed by atoms with Crippen molar-refractivity contribution in [3.8, 4) is 0 Å². The second kappa shape index (κ2) is 6.95. The van der Waals surface area contributed by atoms with Gasteiger partial charge in [-0.3, -0.25) is 0 Å². The minimum absolute atomic E-state index is 0.0358. The largest absolute Gasteiger partial charge is 0.373 e. The third kappa shape index (κ3) is 4.67. The van der Waals surface area contributed by atoms with E-state index in [0.717, 1.165) is 0 Å². The summed E-state index contributed by atoms with van der Waals surface area (Å²) < 4.78 is 31.7. The lowest BCUT2D eigenvalue weighted by atomic mass is 10.3. The van der Waals surface area contributed by atoms with Crippen molar-refractivity contribution in [1.29, 1.82) is 0 Å². The topological polar surface area (TPSA) is 110 Å². The molecule has 22 heavy (non-hydrogen) atoms. The van der Waals surface area contributed by atoms with Crippen LogP contribution in [0.5, 0.6) is 0 Å². The molecule has 1 aromatic rings. The van der Waals surface area contributed by atoms with Crippen LogP contribution in [0.3, 0.4) is 0 Å². The molecule has 0 aliphatic carbocycles. The number of nitrogens with zero attached hydrogens (tertiary/aromatic N) is 3. The van der Waals surface area contributed by atoms with E-state index in [9.17, 15) is 8.42 Å². The molecule has 0 spiro atoms. The number of hydrogen-bond donors (Lipinski definition) is 2. The molecule has 0 amide bonds. The van der Waals surface area contributed by atoms with Crippen molar-refractivity contribution in [3.63, 3.8) is 0 Å². The lowest BCUT2D eigenvalue weighted by Crippen LogP contribution is -2.49. The number of rotatable bonds is 5. The van der Waals surface area contributed by atoms with Gasteiger partial charge in [0.2, 0.25) is 16.0 Å². The Balaban J connectivity index is 1.92. The highest BCUT2D eigenvalue weighted by Crippen LogP contribution is 2.15. The van der Waals surface area contributed by atoms with Gasteiger partial charge in [-0.15, -0.1) is 0 Å². The second-order valence-corrected chi connectivity index (χ2v) is 7.73. The SMILES string of the molecule is C[C@@H]1CN(S(=O)(=O)CCNc2cc(Cl)nc(N)n2)C[C@H](C)O1. The molecule has 0 radical (unpaired) electrons. The van der Waals surface area contributed by atoms with Crippen LogP contribution in [0.25, 0.3) is 0 Å². The number of ether oxygens (including phenoxy) is 1. The Hall–Kier alpha value is -1.16. The van der Waals surface area contributed by atoms with Gasteiger partial charge in [-0.1, -0.05) is 11.6 Å². The summed E-state index contributed by atoms with van der Waals surface area (Å²) >= 11 is 5.76. The van der Waals surface area contributed by atoms with Gasteiger partial charge < -0.3 is 15.8 Å². The van der Waals surface area contributed by atoms with E-state index in [1.807, 2.05) is 13.8 Å². The Labute approximate surface area is 135 Å². The summed E-state index contributed by atoms with van der Waals surface area (Å²) in [6.45, 7) is 4.68. The normalized spacial score (nSPS) is 23.4. The smallest absolute Gasteiger partial charge is 0.223 e. The van der Waals surface area contributed by atoms with Gasteiger partial charge in [0.1, 0.15) is 11.0 Å². The van der Waals surface area contributed by atoms with Crippen LogP contribution >= 0.6 is 11.6 Å². The summed E-state index contributed by atoms with van der Waals surface area (Å²) in [6, 6.07) is 1.49. The highest BCUT2D eigenvalue weighted by molar-refractivity contribution is 7.89. The van der Waals surface area contributed by atoms with Crippen LogP contribution in [-0.4, -0.2) is 60.3 Å². The van der Waals surface area contributed by atoms with Gasteiger partial charge in [0.25, 0.3) is 0 Å². The summed E-state index contributed by atoms with van der Waals surface area (Å²) in [4.78, 5) is 7.67. The fourth-order valence-corrected chi connectivity index (χ4v) is 4.00. The number of nitrogen functional groups attached to an aromatic ring is 1. The number of nitrogens with one attached hydrogen (secondary N) is 1. The molecule has 0 unspecified atom stereocenters. The van der Waals surface area contributed by atoms with Crippen LogP contribution in [0.4, 0.5) is 11.8 Å². The van der Waals surface area contributed by atoms with Gasteiger partial charge in [-0.05, 0) is 13.8 Å². The maximum absolute atomic E-state index is 12.3. The third-order valence-corrected chi connectivity index (χ3v) is 5.16. The Bertz CT molecular complexity index is 597. The number of nitrogens with two attached hydrogens (primary N) is 1. The molecule has 1 saturated heterocycles. The van der Waals surface area contributed by atoms with Gasteiger partial charge in [-0.25, -0.2) is 13.4 Å². The first-order valence-corrected chi connectivity index (χ1v) is 8.92. The van der Waals surface area contributed by atoms with Crippen molar-refractivity contribution in [2.24, 2.45) is 0 Å². The second-order valence-electron chi connectivity index (χ2n) is 5.25. The molecule has 0 bridgehead atoms. The van der Waals surface area contributed by atoms with E-state index >= 15 is 0 Å². The first-order valence-electron chi connectivity index (χ1n) is 6.93. The van der Waals surface area contributed by atoms with Crippen molar-refractivity contribution < 1.29 is 13.2 Å². The molecule has 10 heteroatoms. The first-order chi connectivity index (χ1) is 10.3. The average molecular weight is 350 g/mol. The number of anilines is 2. The number of halogens is 1. The average Bonchev–Trinajstić information content (AvgIpc) is 2.36. The van der Waals surface area contributed by atoms with Crippen molar-refractivity contribution in [3.05, 3.63) is 11.2 Å². The highest BCUT2D eigenvalue weighted by atomic mass is 35.5. The molecule has 8 nitrogen and oxygen atoms in total. The van der Waals surface area contributed by atoms with Crippen molar-refractivity contribution in [2.75, 3.05) is 36.4 Å². The van der Waals surface area contributed by atoms with Crippen molar-refractivity contribution in [2.45, 2.75) is 26.1 Å². The van der Waals surface area contributed by atoms with Gasteiger partial charge in [0, 0.05) is 25.7 Å². The summed E-state index contributed by atoms with van der Waals surface area (Å²) in [5.74, 6) is 0.388. The fourth-order valence-electron chi connectivity index (χ4n) is 2.32. The van der Waals surface area contributed by atoms with Gasteiger partial charge in [0.05, 0.1) is 18.0 Å². The minimum atomic E-state index is -3.36. The zero-order valence-corrected chi connectivity index (χ0v) is 14.1. The van der Waals surface area contributed by atoms with Crippen molar-refractivity contribution in [1.82, 2.24) is 14.3 Å². The molecule has 1 aliphatic heterocycles. The molecular weight excluding hydrogens is 330 g/mol. The molecule has 1 aromatic heterocycles. The predicted molar refractivity (Wildman–Crippen MR) is 85.3 cm³/mol. The molecule has 2 heterocycles. The molecule has 3 N–H and O–H groups in total. The lowest BCUT2D eigenvalue weighted by Gasteiger charge is -2.34. The quantitative estimate of drug-likeness (QED) is 0.747. The number of sulfonamides is 1. The molecule has 1 aliphatic rings. The van der Waals surface area contributed by atoms with Crippen LogP contribution in [0.15, 0.2) is 6.07 Å². The Kier molecular flexibility index (Phi) is 5.43. The standard InChI is InChI=1S/C12H20ClN5O3S/c1-8-6-18(7-9(2)21-8)22(19,20)4-3-15-11-5-10(13)16-12(14)17-11/h5,8-9H,3-4,6-7H2,1-2H3,(H3,14,15,16,17)/t8-,9+. The molecule has 124 valence electrons. The Morgan fingerprint density at radius 3 is 2.64 bits per heavy atom. The Morgan fingerprint density at radius 2 is 2.05 bits per heavy atom. The van der Waals surface area contributed by atoms with Crippen LogP contribution in [0.1, 0.15) is 13.8 Å². The number of hydrogen-bond acceptors (Lipinski definition) is 7. The van der Waals surface area contributed by atoms with Crippen LogP contribution < -0.4 is 11.1 Å². The summed E-state index contributed by atoms with van der Waals surface area (Å²) in [5.41, 5.74) is 5.48. The summed E-state index contributed by atoms with van der Waals surface area (Å²) in [6.07, 6.45) is -0.209. The van der Waals surface area contributed by atoms with Crippen molar-refractivity contribution >= 4 is 33.4 Å². The van der Waals surface area contributed by atoms with E-state index in [-0.39, 0.29) is 35.6 Å². The summed E-state index contributed by atoms with van der Waals surface area (Å²) in [5, 5.41) is 3.09. The predicted octanol–water partition coefficient (Wildman–Crippen LogP) is 0.563. The highest BCUT2D eigenvalue weighted by Gasteiger charge is 2.30. The lowest BCUT2D eigenvalue weighted by molar-refractivity contribution is -0.0440. The maximum atomic E-state index is 12.3. The van der Waals surface area contributed by atoms with E-state index in [1.54, 1.807) is 0 Å². The molecule has 2 rings (SSSR count). The molecule has 2 atom stereocenters. The van der Waals surface area contributed by atoms with E-state index in [4.69, 9.17) is 22.1 Å². The van der Waals surface area contributed by atoms with Crippen LogP contribution in [0, 0.1) is 0 Å². The van der Waals surface area contributed by atoms with E-state index in [1.165, 1.54) is 10.4 Å². The van der Waals surface area contributed by atoms with Gasteiger partial charge >= 0.3 is 0 Å².